The van der Waals surface area contributed by atoms with Gasteiger partial charge in [0.2, 0.25) is 11.8 Å². The van der Waals surface area contributed by atoms with Crippen LogP contribution in [0.25, 0.3) is 21.7 Å². The third kappa shape index (κ3) is 3.99. The Kier molecular flexibility index (Phi) is 5.29. The van der Waals surface area contributed by atoms with Crippen molar-refractivity contribution in [3.8, 4) is 0 Å². The molecule has 0 saturated carbocycles. The lowest BCUT2D eigenvalue weighted by atomic mass is 9.95. The van der Waals surface area contributed by atoms with Crippen molar-refractivity contribution in [3.05, 3.63) is 83.6 Å². The fourth-order valence-electron chi connectivity index (χ4n) is 3.83. The van der Waals surface area contributed by atoms with E-state index in [9.17, 15) is 9.59 Å². The van der Waals surface area contributed by atoms with Gasteiger partial charge >= 0.3 is 0 Å². The summed E-state index contributed by atoms with van der Waals surface area (Å²) >= 11 is 0. The van der Waals surface area contributed by atoms with Crippen molar-refractivity contribution in [3.63, 3.8) is 0 Å². The molecule has 3 aromatic carbocycles. The largest absolute Gasteiger partial charge is 0.366 e. The number of rotatable bonds is 7. The van der Waals surface area contributed by atoms with Crippen LogP contribution in [0.3, 0.4) is 0 Å². The minimum absolute atomic E-state index is 0.0339. The lowest BCUT2D eigenvalue weighted by molar-refractivity contribution is -0.121. The number of carbonyl (C=O) groups excluding carboxylic acids is 2. The number of amides is 2. The molecule has 146 valence electrons. The molecule has 4 aromatic rings. The van der Waals surface area contributed by atoms with Gasteiger partial charge in [-0.3, -0.25) is 9.59 Å². The minimum atomic E-state index is -0.462. The number of hydrogen-bond donors (Lipinski definition) is 3. The molecule has 4 rings (SSSR count). The summed E-state index contributed by atoms with van der Waals surface area (Å²) in [5.41, 5.74) is 9.23. The van der Waals surface area contributed by atoms with Crippen LogP contribution >= 0.6 is 0 Å². The quantitative estimate of drug-likeness (QED) is 0.453. The molecule has 0 saturated heterocycles. The second-order valence-electron chi connectivity index (χ2n) is 7.14. The Labute approximate surface area is 168 Å². The van der Waals surface area contributed by atoms with Crippen molar-refractivity contribution in [2.24, 2.45) is 5.73 Å². The van der Waals surface area contributed by atoms with Crippen LogP contribution in [0.1, 0.15) is 27.9 Å². The van der Waals surface area contributed by atoms with Gasteiger partial charge < -0.3 is 16.0 Å². The molecule has 0 unspecified atom stereocenters. The highest BCUT2D eigenvalue weighted by molar-refractivity contribution is 6.07. The van der Waals surface area contributed by atoms with Gasteiger partial charge in [-0.2, -0.15) is 0 Å². The lowest BCUT2D eigenvalue weighted by Gasteiger charge is -2.11. The van der Waals surface area contributed by atoms with Gasteiger partial charge in [0.15, 0.2) is 0 Å². The molecule has 1 aromatic heterocycles. The van der Waals surface area contributed by atoms with Crippen LogP contribution in [0.4, 0.5) is 0 Å². The van der Waals surface area contributed by atoms with Crippen LogP contribution in [0.5, 0.6) is 0 Å². The van der Waals surface area contributed by atoms with Crippen molar-refractivity contribution in [2.75, 3.05) is 6.54 Å². The van der Waals surface area contributed by atoms with Crippen LogP contribution in [0.15, 0.2) is 66.9 Å². The molecule has 5 heteroatoms. The van der Waals surface area contributed by atoms with Gasteiger partial charge in [-0.15, -0.1) is 0 Å². The van der Waals surface area contributed by atoms with Gasteiger partial charge in [-0.1, -0.05) is 54.6 Å². The van der Waals surface area contributed by atoms with E-state index in [4.69, 9.17) is 5.73 Å². The molecule has 1 heterocycles. The lowest BCUT2D eigenvalue weighted by Crippen LogP contribution is -2.26. The Morgan fingerprint density at radius 2 is 1.62 bits per heavy atom. The smallest absolute Gasteiger partial charge is 0.249 e. The third-order valence-electron chi connectivity index (χ3n) is 5.27. The fraction of sp³-hybridized carbons (Fsp3) is 0.167. The summed E-state index contributed by atoms with van der Waals surface area (Å²) < 4.78 is 0. The molecule has 5 nitrogen and oxygen atoms in total. The first kappa shape index (κ1) is 18.7. The molecule has 0 aliphatic rings. The summed E-state index contributed by atoms with van der Waals surface area (Å²) in [4.78, 5) is 27.6. The first-order chi connectivity index (χ1) is 14.1. The van der Waals surface area contributed by atoms with Crippen molar-refractivity contribution in [2.45, 2.75) is 19.3 Å². The van der Waals surface area contributed by atoms with Crippen molar-refractivity contribution < 1.29 is 9.59 Å². The average molecular weight is 385 g/mol. The summed E-state index contributed by atoms with van der Waals surface area (Å²) in [5, 5.41) is 5.95. The zero-order chi connectivity index (χ0) is 20.2. The van der Waals surface area contributed by atoms with Gasteiger partial charge in [0.05, 0.1) is 5.56 Å². The van der Waals surface area contributed by atoms with E-state index in [0.29, 0.717) is 24.9 Å². The van der Waals surface area contributed by atoms with E-state index in [0.717, 1.165) is 28.3 Å². The number of aryl methyl sites for hydroxylation is 1. The zero-order valence-electron chi connectivity index (χ0n) is 16.1. The number of aromatic amines is 1. The van der Waals surface area contributed by atoms with Crippen molar-refractivity contribution in [1.29, 1.82) is 0 Å². The third-order valence-corrected chi connectivity index (χ3v) is 5.27. The fourth-order valence-corrected chi connectivity index (χ4v) is 3.83. The minimum Gasteiger partial charge on any atom is -0.366 e. The van der Waals surface area contributed by atoms with Gasteiger partial charge in [0.1, 0.15) is 0 Å². The molecule has 2 amide bonds. The first-order valence-electron chi connectivity index (χ1n) is 9.75. The summed E-state index contributed by atoms with van der Waals surface area (Å²) in [5.74, 6) is -0.495. The number of nitrogens with one attached hydrogen (secondary N) is 2. The second kappa shape index (κ2) is 8.19. The number of fused-ring (bicyclic) bond motifs is 2. The number of H-pyrrole nitrogens is 1. The van der Waals surface area contributed by atoms with Gasteiger partial charge in [-0.05, 0) is 40.8 Å². The SMILES string of the molecule is NC(=O)c1c(CCC(=O)NCCc2c[nH]c3ccccc23)ccc2ccccc12. The molecule has 0 bridgehead atoms. The predicted molar refractivity (Wildman–Crippen MR) is 116 cm³/mol. The highest BCUT2D eigenvalue weighted by Crippen LogP contribution is 2.23. The van der Waals surface area contributed by atoms with Crippen LogP contribution in [0.2, 0.25) is 0 Å². The summed E-state index contributed by atoms with van der Waals surface area (Å²) in [6.07, 6.45) is 3.54. The van der Waals surface area contributed by atoms with E-state index in [1.807, 2.05) is 60.8 Å². The molecule has 0 atom stereocenters. The topological polar surface area (TPSA) is 88.0 Å². The van der Waals surface area contributed by atoms with Crippen LogP contribution in [0, 0.1) is 0 Å². The predicted octanol–water partition coefficient (Wildman–Crippen LogP) is 3.71. The van der Waals surface area contributed by atoms with Gasteiger partial charge in [0.25, 0.3) is 0 Å². The number of nitrogens with two attached hydrogens (primary N) is 1. The van der Waals surface area contributed by atoms with E-state index in [1.165, 1.54) is 10.9 Å². The number of hydrogen-bond acceptors (Lipinski definition) is 2. The number of carbonyl (C=O) groups is 2. The normalized spacial score (nSPS) is 11.0. The Bertz CT molecular complexity index is 1190. The van der Waals surface area contributed by atoms with Crippen molar-refractivity contribution in [1.82, 2.24) is 10.3 Å². The van der Waals surface area contributed by atoms with Gasteiger partial charge in [-0.25, -0.2) is 0 Å². The first-order valence-corrected chi connectivity index (χ1v) is 9.75. The van der Waals surface area contributed by atoms with Gasteiger partial charge in [0, 0.05) is 30.1 Å². The molecule has 0 aliphatic heterocycles. The second-order valence-corrected chi connectivity index (χ2v) is 7.14. The maximum absolute atomic E-state index is 12.3. The maximum atomic E-state index is 12.3. The molecule has 4 N–H and O–H groups in total. The Hall–Kier alpha value is -3.60. The molecular formula is C24H23N3O2. The zero-order valence-corrected chi connectivity index (χ0v) is 16.1. The number of aromatic nitrogens is 1. The summed E-state index contributed by atoms with van der Waals surface area (Å²) in [6.45, 7) is 0.571. The van der Waals surface area contributed by atoms with Crippen molar-refractivity contribution >= 4 is 33.5 Å². The van der Waals surface area contributed by atoms with E-state index in [-0.39, 0.29) is 5.91 Å². The number of primary amides is 1. The Morgan fingerprint density at radius 3 is 2.45 bits per heavy atom. The van der Waals surface area contributed by atoms with E-state index >= 15 is 0 Å². The standard InChI is InChI=1S/C24H23N3O2/c25-24(29)23-17(10-9-16-5-1-2-7-20(16)23)11-12-22(28)26-14-13-18-15-27-21-8-4-3-6-19(18)21/h1-10,15,27H,11-14H2,(H2,25,29)(H,26,28). The Morgan fingerprint density at radius 1 is 0.862 bits per heavy atom. The van der Waals surface area contributed by atoms with E-state index < -0.39 is 5.91 Å². The maximum Gasteiger partial charge on any atom is 0.249 e. The molecule has 29 heavy (non-hydrogen) atoms. The van der Waals surface area contributed by atoms with Crippen LogP contribution in [-0.4, -0.2) is 23.3 Å². The average Bonchev–Trinajstić information content (AvgIpc) is 3.14. The van der Waals surface area contributed by atoms with E-state index in [2.05, 4.69) is 16.4 Å². The molecule has 0 aliphatic carbocycles. The molecule has 0 radical (unpaired) electrons. The number of para-hydroxylation sites is 1. The van der Waals surface area contributed by atoms with Crippen LogP contribution in [-0.2, 0) is 17.6 Å². The van der Waals surface area contributed by atoms with Crippen LogP contribution < -0.4 is 11.1 Å². The van der Waals surface area contributed by atoms with E-state index in [1.54, 1.807) is 0 Å². The monoisotopic (exact) mass is 385 g/mol. The highest BCUT2D eigenvalue weighted by Gasteiger charge is 2.14. The Balaban J connectivity index is 1.37. The summed E-state index contributed by atoms with van der Waals surface area (Å²) in [6, 6.07) is 19.6. The summed E-state index contributed by atoms with van der Waals surface area (Å²) in [7, 11) is 0. The highest BCUT2D eigenvalue weighted by atomic mass is 16.1. The molecule has 0 spiro atoms. The molecule has 0 fully saturated rings. The molecular weight excluding hydrogens is 362 g/mol. The number of benzene rings is 3.